The maximum absolute atomic E-state index is 10.9. The summed E-state index contributed by atoms with van der Waals surface area (Å²) in [5, 5.41) is 17.8. The number of hydrogen-bond acceptors (Lipinski definition) is 3. The number of hydrogen-bond donors (Lipinski definition) is 2. The topological polar surface area (TPSA) is 83.8 Å². The fourth-order valence-electron chi connectivity index (χ4n) is 1.65. The molecule has 0 aliphatic heterocycles. The van der Waals surface area contributed by atoms with Gasteiger partial charge in [0.05, 0.1) is 7.11 Å². The second-order valence-electron chi connectivity index (χ2n) is 3.53. The van der Waals surface area contributed by atoms with E-state index in [1.54, 1.807) is 12.1 Å². The van der Waals surface area contributed by atoms with Crippen molar-refractivity contribution in [1.29, 1.82) is 0 Å². The lowest BCUT2D eigenvalue weighted by Gasteiger charge is -2.12. The first-order chi connectivity index (χ1) is 8.01. The van der Waals surface area contributed by atoms with Crippen LogP contribution >= 0.6 is 0 Å². The third kappa shape index (κ3) is 2.75. The Labute approximate surface area is 98.6 Å². The SMILES string of the molecule is CCc1cc(C(C(=O)O)C(=O)O)ccc1OC. The lowest BCUT2D eigenvalue weighted by molar-refractivity contribution is -0.150. The second-order valence-corrected chi connectivity index (χ2v) is 3.53. The number of benzene rings is 1. The lowest BCUT2D eigenvalue weighted by Crippen LogP contribution is -2.21. The number of carboxylic acid groups (broad SMARTS) is 2. The van der Waals surface area contributed by atoms with Gasteiger partial charge in [0.25, 0.3) is 0 Å². The average Bonchev–Trinajstić information content (AvgIpc) is 2.27. The summed E-state index contributed by atoms with van der Waals surface area (Å²) in [5.74, 6) is -3.65. The van der Waals surface area contributed by atoms with Crippen molar-refractivity contribution in [3.8, 4) is 5.75 Å². The number of ether oxygens (including phenoxy) is 1. The summed E-state index contributed by atoms with van der Waals surface area (Å²) in [6.45, 7) is 1.89. The first-order valence-corrected chi connectivity index (χ1v) is 5.13. The minimum absolute atomic E-state index is 0.252. The van der Waals surface area contributed by atoms with E-state index in [1.165, 1.54) is 13.2 Å². The molecule has 1 aromatic carbocycles. The third-order valence-electron chi connectivity index (χ3n) is 2.51. The van der Waals surface area contributed by atoms with Crippen molar-refractivity contribution in [2.24, 2.45) is 0 Å². The number of methoxy groups -OCH3 is 1. The van der Waals surface area contributed by atoms with E-state index in [-0.39, 0.29) is 5.56 Å². The zero-order valence-corrected chi connectivity index (χ0v) is 9.64. The number of aryl methyl sites for hydroxylation is 1. The van der Waals surface area contributed by atoms with E-state index < -0.39 is 17.9 Å². The Morgan fingerprint density at radius 1 is 1.29 bits per heavy atom. The van der Waals surface area contributed by atoms with Gasteiger partial charge in [0, 0.05) is 0 Å². The molecule has 0 atom stereocenters. The Kier molecular flexibility index (Phi) is 4.09. The Bertz CT molecular complexity index is 425. The van der Waals surface area contributed by atoms with E-state index in [1.807, 2.05) is 6.92 Å². The van der Waals surface area contributed by atoms with Crippen LogP contribution in [0.3, 0.4) is 0 Å². The third-order valence-corrected chi connectivity index (χ3v) is 2.51. The van der Waals surface area contributed by atoms with Crippen molar-refractivity contribution in [3.63, 3.8) is 0 Å². The maximum Gasteiger partial charge on any atom is 0.322 e. The van der Waals surface area contributed by atoms with Gasteiger partial charge in [0.15, 0.2) is 5.92 Å². The summed E-state index contributed by atoms with van der Waals surface area (Å²) in [5.41, 5.74) is 1.04. The first-order valence-electron chi connectivity index (χ1n) is 5.13. The molecule has 0 bridgehead atoms. The predicted molar refractivity (Wildman–Crippen MR) is 60.4 cm³/mol. The van der Waals surface area contributed by atoms with E-state index in [0.29, 0.717) is 12.2 Å². The van der Waals surface area contributed by atoms with Crippen LogP contribution < -0.4 is 4.74 Å². The molecule has 2 N–H and O–H groups in total. The Balaban J connectivity index is 3.22. The van der Waals surface area contributed by atoms with Crippen LogP contribution in [-0.2, 0) is 16.0 Å². The molecule has 0 aliphatic carbocycles. The molecule has 1 aromatic rings. The van der Waals surface area contributed by atoms with Gasteiger partial charge >= 0.3 is 11.9 Å². The molecule has 0 spiro atoms. The molecule has 0 saturated heterocycles. The van der Waals surface area contributed by atoms with Crippen LogP contribution in [0.25, 0.3) is 0 Å². The van der Waals surface area contributed by atoms with Crippen LogP contribution in [0.15, 0.2) is 18.2 Å². The van der Waals surface area contributed by atoms with E-state index in [4.69, 9.17) is 14.9 Å². The van der Waals surface area contributed by atoms with Crippen LogP contribution in [0.2, 0.25) is 0 Å². The molecule has 0 aromatic heterocycles. The second kappa shape index (κ2) is 5.34. The molecule has 92 valence electrons. The van der Waals surface area contributed by atoms with Crippen LogP contribution in [0.1, 0.15) is 24.0 Å². The molecule has 0 fully saturated rings. The van der Waals surface area contributed by atoms with E-state index in [2.05, 4.69) is 0 Å². The van der Waals surface area contributed by atoms with E-state index in [0.717, 1.165) is 5.56 Å². The summed E-state index contributed by atoms with van der Waals surface area (Å²) >= 11 is 0. The van der Waals surface area contributed by atoms with Crippen molar-refractivity contribution in [3.05, 3.63) is 29.3 Å². The molecule has 0 amide bonds. The zero-order chi connectivity index (χ0) is 13.0. The lowest BCUT2D eigenvalue weighted by atomic mass is 9.96. The molecular formula is C12H14O5. The number of carbonyl (C=O) groups is 2. The van der Waals surface area contributed by atoms with Gasteiger partial charge in [0.2, 0.25) is 0 Å². The van der Waals surface area contributed by atoms with Gasteiger partial charge in [-0.15, -0.1) is 0 Å². The summed E-state index contributed by atoms with van der Waals surface area (Å²) in [6, 6.07) is 4.61. The van der Waals surface area contributed by atoms with Crippen molar-refractivity contribution >= 4 is 11.9 Å². The molecule has 17 heavy (non-hydrogen) atoms. The first kappa shape index (κ1) is 13.0. The van der Waals surface area contributed by atoms with Crippen LogP contribution in [0.5, 0.6) is 5.75 Å². The summed E-state index contributed by atoms with van der Waals surface area (Å²) < 4.78 is 5.10. The van der Waals surface area contributed by atoms with Crippen molar-refractivity contribution < 1.29 is 24.5 Å². The standard InChI is InChI=1S/C12H14O5/c1-3-7-6-8(4-5-9(7)17-2)10(11(13)14)12(15)16/h4-6,10H,3H2,1-2H3,(H,13,14)(H,15,16). The molecule has 5 heteroatoms. The molecule has 0 aliphatic rings. The van der Waals surface area contributed by atoms with E-state index in [9.17, 15) is 9.59 Å². The fraction of sp³-hybridized carbons (Fsp3) is 0.333. The van der Waals surface area contributed by atoms with Crippen LogP contribution in [0.4, 0.5) is 0 Å². The van der Waals surface area contributed by atoms with Gasteiger partial charge in [-0.2, -0.15) is 0 Å². The highest BCUT2D eigenvalue weighted by Crippen LogP contribution is 2.25. The molecular weight excluding hydrogens is 224 g/mol. The highest BCUT2D eigenvalue weighted by atomic mass is 16.5. The highest BCUT2D eigenvalue weighted by molar-refractivity contribution is 5.99. The summed E-state index contributed by atoms with van der Waals surface area (Å²) in [6.07, 6.45) is 0.642. The minimum Gasteiger partial charge on any atom is -0.496 e. The molecule has 0 heterocycles. The molecule has 0 radical (unpaired) electrons. The van der Waals surface area contributed by atoms with Crippen molar-refractivity contribution in [1.82, 2.24) is 0 Å². The van der Waals surface area contributed by atoms with Crippen LogP contribution in [0, 0.1) is 0 Å². The maximum atomic E-state index is 10.9. The Morgan fingerprint density at radius 2 is 1.88 bits per heavy atom. The summed E-state index contributed by atoms with van der Waals surface area (Å²) in [4.78, 5) is 21.8. The zero-order valence-electron chi connectivity index (χ0n) is 9.64. The van der Waals surface area contributed by atoms with E-state index >= 15 is 0 Å². The van der Waals surface area contributed by atoms with Gasteiger partial charge in [-0.05, 0) is 23.6 Å². The van der Waals surface area contributed by atoms with Gasteiger partial charge in [-0.25, -0.2) is 0 Å². The fourth-order valence-corrected chi connectivity index (χ4v) is 1.65. The molecule has 0 unspecified atom stereocenters. The highest BCUT2D eigenvalue weighted by Gasteiger charge is 2.28. The Hall–Kier alpha value is -2.04. The van der Waals surface area contributed by atoms with Gasteiger partial charge in [0.1, 0.15) is 5.75 Å². The molecule has 5 nitrogen and oxygen atoms in total. The van der Waals surface area contributed by atoms with Gasteiger partial charge < -0.3 is 14.9 Å². The average molecular weight is 238 g/mol. The van der Waals surface area contributed by atoms with Gasteiger partial charge in [-0.1, -0.05) is 19.1 Å². The quantitative estimate of drug-likeness (QED) is 0.759. The summed E-state index contributed by atoms with van der Waals surface area (Å²) in [7, 11) is 1.51. The van der Waals surface area contributed by atoms with Crippen LogP contribution in [-0.4, -0.2) is 29.3 Å². The number of aliphatic carboxylic acids is 2. The van der Waals surface area contributed by atoms with Crippen molar-refractivity contribution in [2.75, 3.05) is 7.11 Å². The largest absolute Gasteiger partial charge is 0.496 e. The molecule has 1 rings (SSSR count). The Morgan fingerprint density at radius 3 is 2.29 bits per heavy atom. The van der Waals surface area contributed by atoms with Gasteiger partial charge in [-0.3, -0.25) is 9.59 Å². The van der Waals surface area contributed by atoms with Crippen molar-refractivity contribution in [2.45, 2.75) is 19.3 Å². The predicted octanol–water partition coefficient (Wildman–Crippen LogP) is 1.51. The monoisotopic (exact) mass is 238 g/mol. The minimum atomic E-state index is -1.54. The smallest absolute Gasteiger partial charge is 0.322 e. The normalized spacial score (nSPS) is 10.3. The molecule has 0 saturated carbocycles. The number of carboxylic acids is 2. The number of rotatable bonds is 5.